The van der Waals surface area contributed by atoms with Crippen LogP contribution in [-0.2, 0) is 21.2 Å². The summed E-state index contributed by atoms with van der Waals surface area (Å²) in [5, 5.41) is 12.1. The van der Waals surface area contributed by atoms with Gasteiger partial charge in [0.1, 0.15) is 15.9 Å². The molecule has 0 fully saturated rings. The highest BCUT2D eigenvalue weighted by molar-refractivity contribution is 7.91. The summed E-state index contributed by atoms with van der Waals surface area (Å²) in [6, 6.07) is 8.79. The number of carboxylic acid groups (broad SMARTS) is 1. The second-order valence-corrected chi connectivity index (χ2v) is 7.36. The van der Waals surface area contributed by atoms with Crippen LogP contribution >= 0.6 is 0 Å². The minimum atomic E-state index is -3.04. The summed E-state index contributed by atoms with van der Waals surface area (Å²) in [5.41, 5.74) is 1.00. The van der Waals surface area contributed by atoms with E-state index in [1.54, 1.807) is 0 Å². The first-order valence-corrected chi connectivity index (χ1v) is 8.97. The molecule has 118 valence electrons. The molecule has 1 atom stereocenters. The van der Waals surface area contributed by atoms with Crippen LogP contribution in [0, 0.1) is 0 Å². The highest BCUT2D eigenvalue weighted by atomic mass is 32.2. The Kier molecular flexibility index (Phi) is 7.39. The number of carboxylic acids is 1. The lowest BCUT2D eigenvalue weighted by atomic mass is 10.1. The topological polar surface area (TPSA) is 83.5 Å². The molecule has 6 heteroatoms. The Labute approximate surface area is 126 Å². The van der Waals surface area contributed by atoms with Gasteiger partial charge in [-0.1, -0.05) is 37.3 Å². The fraction of sp³-hybridized carbons (Fsp3) is 0.533. The summed E-state index contributed by atoms with van der Waals surface area (Å²) in [6.07, 6.45) is 1.27. The maximum Gasteiger partial charge on any atom is 0.320 e. The zero-order chi connectivity index (χ0) is 15.7. The van der Waals surface area contributed by atoms with Crippen molar-refractivity contribution in [2.75, 3.05) is 11.5 Å². The number of benzene rings is 1. The molecule has 0 saturated carbocycles. The molecule has 1 aromatic carbocycles. The molecule has 0 aliphatic carbocycles. The Morgan fingerprint density at radius 3 is 2.48 bits per heavy atom. The summed E-state index contributed by atoms with van der Waals surface area (Å²) < 4.78 is 23.2. The van der Waals surface area contributed by atoms with Crippen LogP contribution in [0.5, 0.6) is 0 Å². The van der Waals surface area contributed by atoms with Crippen LogP contribution in [0.4, 0.5) is 0 Å². The van der Waals surface area contributed by atoms with E-state index in [-0.39, 0.29) is 11.5 Å². The summed E-state index contributed by atoms with van der Waals surface area (Å²) in [7, 11) is -3.04. The standard InChI is InChI=1S/C15H23NO4S/c1-2-10-21(19,20)11-6-9-14(15(17)18)16-12-13-7-4-3-5-8-13/h3-5,7-8,14,16H,2,6,9-12H2,1H3,(H,17,18). The Morgan fingerprint density at radius 1 is 1.24 bits per heavy atom. The van der Waals surface area contributed by atoms with Crippen LogP contribution < -0.4 is 5.32 Å². The maximum absolute atomic E-state index is 11.6. The van der Waals surface area contributed by atoms with Crippen molar-refractivity contribution in [3.8, 4) is 0 Å². The SMILES string of the molecule is CCCS(=O)(=O)CCCC(NCc1ccccc1)C(=O)O. The highest BCUT2D eigenvalue weighted by Crippen LogP contribution is 2.05. The molecular formula is C15H23NO4S. The fourth-order valence-electron chi connectivity index (χ4n) is 2.07. The lowest BCUT2D eigenvalue weighted by Crippen LogP contribution is -2.36. The first-order chi connectivity index (χ1) is 9.94. The molecule has 1 rings (SSSR count). The molecule has 1 unspecified atom stereocenters. The highest BCUT2D eigenvalue weighted by Gasteiger charge is 2.18. The monoisotopic (exact) mass is 313 g/mol. The Hall–Kier alpha value is -1.40. The predicted molar refractivity (Wildman–Crippen MR) is 82.9 cm³/mol. The van der Waals surface area contributed by atoms with Crippen molar-refractivity contribution in [2.24, 2.45) is 0 Å². The average molecular weight is 313 g/mol. The van der Waals surface area contributed by atoms with E-state index in [1.165, 1.54) is 0 Å². The lowest BCUT2D eigenvalue weighted by Gasteiger charge is -2.14. The van der Waals surface area contributed by atoms with Crippen molar-refractivity contribution in [1.82, 2.24) is 5.32 Å². The van der Waals surface area contributed by atoms with E-state index >= 15 is 0 Å². The zero-order valence-corrected chi connectivity index (χ0v) is 13.1. The van der Waals surface area contributed by atoms with Crippen molar-refractivity contribution >= 4 is 15.8 Å². The number of rotatable bonds is 10. The Morgan fingerprint density at radius 2 is 1.90 bits per heavy atom. The van der Waals surface area contributed by atoms with Gasteiger partial charge in [-0.2, -0.15) is 0 Å². The normalized spacial score (nSPS) is 13.0. The molecule has 21 heavy (non-hydrogen) atoms. The van der Waals surface area contributed by atoms with E-state index in [0.717, 1.165) is 5.56 Å². The van der Waals surface area contributed by atoms with E-state index in [1.807, 2.05) is 37.3 Å². The average Bonchev–Trinajstić information content (AvgIpc) is 2.43. The van der Waals surface area contributed by atoms with Gasteiger partial charge >= 0.3 is 5.97 Å². The van der Waals surface area contributed by atoms with Crippen molar-refractivity contribution in [1.29, 1.82) is 0 Å². The Bertz CT molecular complexity index is 528. The molecule has 1 aromatic rings. The van der Waals surface area contributed by atoms with Gasteiger partial charge in [-0.05, 0) is 24.8 Å². The number of nitrogens with one attached hydrogen (secondary N) is 1. The molecule has 0 aromatic heterocycles. The molecule has 0 radical (unpaired) electrons. The van der Waals surface area contributed by atoms with E-state index in [9.17, 15) is 18.3 Å². The molecule has 0 bridgehead atoms. The van der Waals surface area contributed by atoms with Crippen molar-refractivity contribution in [3.63, 3.8) is 0 Å². The largest absolute Gasteiger partial charge is 0.480 e. The zero-order valence-electron chi connectivity index (χ0n) is 12.3. The molecule has 0 amide bonds. The van der Waals surface area contributed by atoms with Crippen LogP contribution in [-0.4, -0.2) is 37.0 Å². The van der Waals surface area contributed by atoms with Crippen LogP contribution in [0.1, 0.15) is 31.7 Å². The van der Waals surface area contributed by atoms with Gasteiger partial charge in [0.25, 0.3) is 0 Å². The predicted octanol–water partition coefficient (Wildman–Crippen LogP) is 1.83. The van der Waals surface area contributed by atoms with E-state index in [2.05, 4.69) is 5.32 Å². The van der Waals surface area contributed by atoms with Crippen LogP contribution in [0.15, 0.2) is 30.3 Å². The lowest BCUT2D eigenvalue weighted by molar-refractivity contribution is -0.139. The molecular weight excluding hydrogens is 290 g/mol. The van der Waals surface area contributed by atoms with E-state index in [4.69, 9.17) is 0 Å². The maximum atomic E-state index is 11.6. The number of hydrogen-bond donors (Lipinski definition) is 2. The van der Waals surface area contributed by atoms with Crippen molar-refractivity contribution in [2.45, 2.75) is 38.8 Å². The van der Waals surface area contributed by atoms with Gasteiger partial charge in [0.2, 0.25) is 0 Å². The van der Waals surface area contributed by atoms with Gasteiger partial charge in [-0.25, -0.2) is 8.42 Å². The second-order valence-electron chi connectivity index (χ2n) is 5.05. The van der Waals surface area contributed by atoms with Gasteiger partial charge < -0.3 is 10.4 Å². The van der Waals surface area contributed by atoms with Gasteiger partial charge in [0.15, 0.2) is 0 Å². The molecule has 0 spiro atoms. The summed E-state index contributed by atoms with van der Waals surface area (Å²) in [6.45, 7) is 2.28. The third-order valence-corrected chi connectivity index (χ3v) is 5.10. The molecule has 0 saturated heterocycles. The number of carbonyl (C=O) groups is 1. The smallest absolute Gasteiger partial charge is 0.320 e. The first-order valence-electron chi connectivity index (χ1n) is 7.15. The molecule has 0 heterocycles. The van der Waals surface area contributed by atoms with E-state index < -0.39 is 21.8 Å². The van der Waals surface area contributed by atoms with Crippen LogP contribution in [0.2, 0.25) is 0 Å². The summed E-state index contributed by atoms with van der Waals surface area (Å²) in [4.78, 5) is 11.2. The third-order valence-electron chi connectivity index (χ3n) is 3.16. The Balaban J connectivity index is 2.42. The second kappa shape index (κ2) is 8.79. The summed E-state index contributed by atoms with van der Waals surface area (Å²) >= 11 is 0. The fourth-order valence-corrected chi connectivity index (χ4v) is 3.50. The third kappa shape index (κ3) is 7.24. The van der Waals surface area contributed by atoms with Gasteiger partial charge in [-0.3, -0.25) is 4.79 Å². The molecule has 0 aliphatic heterocycles. The molecule has 5 nitrogen and oxygen atoms in total. The van der Waals surface area contributed by atoms with Crippen LogP contribution in [0.25, 0.3) is 0 Å². The van der Waals surface area contributed by atoms with Crippen molar-refractivity contribution in [3.05, 3.63) is 35.9 Å². The molecule has 0 aliphatic rings. The quantitative estimate of drug-likeness (QED) is 0.688. The number of aliphatic carboxylic acids is 1. The minimum Gasteiger partial charge on any atom is -0.480 e. The van der Waals surface area contributed by atoms with E-state index in [0.29, 0.717) is 25.8 Å². The van der Waals surface area contributed by atoms with Crippen molar-refractivity contribution < 1.29 is 18.3 Å². The molecule has 2 N–H and O–H groups in total. The number of sulfone groups is 1. The van der Waals surface area contributed by atoms with Gasteiger partial charge in [0.05, 0.1) is 5.75 Å². The van der Waals surface area contributed by atoms with Gasteiger partial charge in [-0.15, -0.1) is 0 Å². The van der Waals surface area contributed by atoms with Crippen LogP contribution in [0.3, 0.4) is 0 Å². The van der Waals surface area contributed by atoms with Gasteiger partial charge in [0, 0.05) is 12.3 Å². The number of hydrogen-bond acceptors (Lipinski definition) is 4. The minimum absolute atomic E-state index is 0.0532. The summed E-state index contributed by atoms with van der Waals surface area (Å²) in [5.74, 6) is -0.723. The first kappa shape index (κ1) is 17.7.